The Balaban J connectivity index is 1.59. The van der Waals surface area contributed by atoms with Crippen molar-refractivity contribution in [3.8, 4) is 17.3 Å². The Bertz CT molecular complexity index is 1390. The van der Waals surface area contributed by atoms with Gasteiger partial charge in [-0.1, -0.05) is 27.7 Å². The van der Waals surface area contributed by atoms with Crippen LogP contribution in [0.2, 0.25) is 0 Å². The molecule has 3 aliphatic rings. The molecule has 6 rings (SSSR count). The molecule has 4 nitrogen and oxygen atoms in total. The lowest BCUT2D eigenvalue weighted by Gasteiger charge is -2.55. The van der Waals surface area contributed by atoms with Gasteiger partial charge in [-0.05, 0) is 96.4 Å². The molecule has 5 heteroatoms. The fourth-order valence-corrected chi connectivity index (χ4v) is 7.89. The van der Waals surface area contributed by atoms with Crippen molar-refractivity contribution in [2.24, 2.45) is 22.2 Å². The van der Waals surface area contributed by atoms with Gasteiger partial charge in [-0.15, -0.1) is 0 Å². The summed E-state index contributed by atoms with van der Waals surface area (Å²) in [6.07, 6.45) is 4.53. The van der Waals surface area contributed by atoms with Gasteiger partial charge in [0.2, 0.25) is 0 Å². The number of aromatic nitrogens is 2. The molecule has 3 atom stereocenters. The van der Waals surface area contributed by atoms with E-state index in [1.54, 1.807) is 41.1 Å². The van der Waals surface area contributed by atoms with Crippen molar-refractivity contribution in [2.45, 2.75) is 59.3 Å². The number of halogens is 1. The van der Waals surface area contributed by atoms with Crippen molar-refractivity contribution < 1.29 is 9.18 Å². The monoisotopic (exact) mass is 467 g/mol. The highest BCUT2D eigenvalue weighted by Gasteiger charge is 2.69. The molecule has 2 bridgehead atoms. The molecular formula is C30H30FN3O. The molecule has 2 fully saturated rings. The van der Waals surface area contributed by atoms with E-state index in [4.69, 9.17) is 10.4 Å². The van der Waals surface area contributed by atoms with Gasteiger partial charge in [0.15, 0.2) is 0 Å². The standard InChI is InChI=1S/C30H30FN3O/c1-28(2)16-23-24(26-29(3,4)21-13-14-30(26,28)15-21)33-34(25(23)19-9-11-22(31)12-10-19)27(35)20-7-5-18(17-32)6-8-20/h5-12,21,26H,13-16H2,1-4H3. The number of fused-ring (bicyclic) bond motifs is 3. The zero-order valence-corrected chi connectivity index (χ0v) is 20.7. The third-order valence-electron chi connectivity index (χ3n) is 9.72. The number of carbonyl (C=O) groups excluding carboxylic acids is 1. The predicted octanol–water partition coefficient (Wildman–Crippen LogP) is 6.74. The molecule has 1 aromatic heterocycles. The summed E-state index contributed by atoms with van der Waals surface area (Å²) in [7, 11) is 0. The number of nitrogens with zero attached hydrogens (tertiary/aromatic N) is 3. The lowest BCUT2D eigenvalue weighted by Crippen LogP contribution is -2.48. The Hall–Kier alpha value is -3.26. The van der Waals surface area contributed by atoms with Gasteiger partial charge in [-0.25, -0.2) is 4.39 Å². The predicted molar refractivity (Wildman–Crippen MR) is 132 cm³/mol. The van der Waals surface area contributed by atoms with Crippen molar-refractivity contribution in [1.29, 1.82) is 5.26 Å². The Kier molecular flexibility index (Phi) is 4.53. The van der Waals surface area contributed by atoms with Crippen molar-refractivity contribution in [2.75, 3.05) is 0 Å². The van der Waals surface area contributed by atoms with Crippen LogP contribution in [0.1, 0.15) is 80.1 Å². The molecule has 3 aliphatic carbocycles. The highest BCUT2D eigenvalue weighted by Crippen LogP contribution is 2.77. The van der Waals surface area contributed by atoms with Gasteiger partial charge in [0.05, 0.1) is 23.0 Å². The van der Waals surface area contributed by atoms with Crippen LogP contribution in [0, 0.1) is 39.3 Å². The van der Waals surface area contributed by atoms with Crippen LogP contribution in [-0.2, 0) is 6.42 Å². The van der Waals surface area contributed by atoms with Gasteiger partial charge >= 0.3 is 0 Å². The third-order valence-corrected chi connectivity index (χ3v) is 9.72. The molecule has 2 aromatic carbocycles. The van der Waals surface area contributed by atoms with Gasteiger partial charge in [-0.3, -0.25) is 4.79 Å². The first-order valence-corrected chi connectivity index (χ1v) is 12.5. The first-order chi connectivity index (χ1) is 16.6. The van der Waals surface area contributed by atoms with E-state index in [9.17, 15) is 9.18 Å². The van der Waals surface area contributed by atoms with Crippen LogP contribution in [0.25, 0.3) is 11.3 Å². The minimum atomic E-state index is -0.305. The van der Waals surface area contributed by atoms with E-state index >= 15 is 0 Å². The molecule has 1 spiro atoms. The molecule has 0 radical (unpaired) electrons. The first-order valence-electron chi connectivity index (χ1n) is 12.5. The van der Waals surface area contributed by atoms with E-state index < -0.39 is 0 Å². The molecule has 0 amide bonds. The van der Waals surface area contributed by atoms with Crippen molar-refractivity contribution in [3.63, 3.8) is 0 Å². The van der Waals surface area contributed by atoms with Crippen LogP contribution in [0.15, 0.2) is 48.5 Å². The summed E-state index contributed by atoms with van der Waals surface area (Å²) in [5.74, 6) is 0.407. The van der Waals surface area contributed by atoms with Crippen LogP contribution < -0.4 is 0 Å². The summed E-state index contributed by atoms with van der Waals surface area (Å²) < 4.78 is 15.4. The van der Waals surface area contributed by atoms with Gasteiger partial charge in [-0.2, -0.15) is 15.0 Å². The minimum Gasteiger partial charge on any atom is -0.267 e. The maximum absolute atomic E-state index is 13.8. The largest absolute Gasteiger partial charge is 0.278 e. The van der Waals surface area contributed by atoms with Crippen molar-refractivity contribution in [3.05, 3.63) is 76.7 Å². The van der Waals surface area contributed by atoms with Gasteiger partial charge in [0, 0.05) is 22.6 Å². The molecular weight excluding hydrogens is 437 g/mol. The third kappa shape index (κ3) is 2.89. The van der Waals surface area contributed by atoms with Crippen LogP contribution in [0.4, 0.5) is 4.39 Å². The number of carbonyl (C=O) groups is 1. The number of hydrogen-bond donors (Lipinski definition) is 0. The summed E-state index contributed by atoms with van der Waals surface area (Å²) >= 11 is 0. The lowest BCUT2D eigenvalue weighted by atomic mass is 9.49. The maximum atomic E-state index is 13.8. The smallest absolute Gasteiger partial charge is 0.267 e. The summed E-state index contributed by atoms with van der Waals surface area (Å²) in [4.78, 5) is 13.8. The van der Waals surface area contributed by atoms with Crippen LogP contribution >= 0.6 is 0 Å². The fourth-order valence-electron chi connectivity index (χ4n) is 7.89. The quantitative estimate of drug-likeness (QED) is 0.419. The van der Waals surface area contributed by atoms with E-state index in [2.05, 4.69) is 33.8 Å². The number of rotatable bonds is 2. The highest BCUT2D eigenvalue weighted by atomic mass is 19.1. The molecule has 0 N–H and O–H groups in total. The number of hydrogen-bond acceptors (Lipinski definition) is 3. The summed E-state index contributed by atoms with van der Waals surface area (Å²) in [6.45, 7) is 9.54. The molecule has 2 saturated carbocycles. The van der Waals surface area contributed by atoms with E-state index in [1.165, 1.54) is 31.4 Å². The highest BCUT2D eigenvalue weighted by molar-refractivity contribution is 5.98. The fraction of sp³-hybridized carbons (Fsp3) is 0.433. The molecule has 35 heavy (non-hydrogen) atoms. The van der Waals surface area contributed by atoms with Crippen molar-refractivity contribution >= 4 is 5.91 Å². The molecule has 0 saturated heterocycles. The van der Waals surface area contributed by atoms with Crippen LogP contribution in [0.3, 0.4) is 0 Å². The number of benzene rings is 2. The second-order valence-corrected chi connectivity index (χ2v) is 12.0. The second-order valence-electron chi connectivity index (χ2n) is 12.0. The van der Waals surface area contributed by atoms with Gasteiger partial charge in [0.1, 0.15) is 5.82 Å². The number of nitriles is 1. The summed E-state index contributed by atoms with van der Waals surface area (Å²) in [5.41, 5.74) is 5.09. The second kappa shape index (κ2) is 7.13. The first kappa shape index (κ1) is 22.2. The van der Waals surface area contributed by atoms with Crippen LogP contribution in [-0.4, -0.2) is 15.7 Å². The molecule has 3 aromatic rings. The van der Waals surface area contributed by atoms with E-state index in [-0.39, 0.29) is 33.9 Å². The Labute approximate surface area is 205 Å². The van der Waals surface area contributed by atoms with E-state index in [0.717, 1.165) is 28.9 Å². The average Bonchev–Trinajstić information content (AvgIpc) is 3.49. The van der Waals surface area contributed by atoms with Crippen LogP contribution in [0.5, 0.6) is 0 Å². The Morgan fingerprint density at radius 1 is 1.09 bits per heavy atom. The molecule has 178 valence electrons. The Morgan fingerprint density at radius 3 is 2.43 bits per heavy atom. The summed E-state index contributed by atoms with van der Waals surface area (Å²) in [5, 5.41) is 14.3. The molecule has 0 aliphatic heterocycles. The Morgan fingerprint density at radius 2 is 1.77 bits per heavy atom. The van der Waals surface area contributed by atoms with Gasteiger partial charge in [0.25, 0.3) is 5.91 Å². The molecule has 3 unspecified atom stereocenters. The summed E-state index contributed by atoms with van der Waals surface area (Å²) in [6, 6.07) is 15.2. The zero-order valence-electron chi connectivity index (χ0n) is 20.7. The average molecular weight is 468 g/mol. The van der Waals surface area contributed by atoms with Gasteiger partial charge < -0.3 is 0 Å². The minimum absolute atomic E-state index is 0.0628. The maximum Gasteiger partial charge on any atom is 0.278 e. The van der Waals surface area contributed by atoms with E-state index in [0.29, 0.717) is 17.0 Å². The zero-order chi connectivity index (χ0) is 24.8. The normalized spacial score (nSPS) is 27.2. The van der Waals surface area contributed by atoms with Crippen molar-refractivity contribution in [1.82, 2.24) is 9.78 Å². The molecule has 1 heterocycles. The lowest BCUT2D eigenvalue weighted by molar-refractivity contribution is 0.00338. The topological polar surface area (TPSA) is 58.7 Å². The SMILES string of the molecule is CC1(C)C2CCC3(C2)C1c1nn(C(=O)c2ccc(C#N)cc2)c(-c2ccc(F)cc2)c1CC3(C)C. The van der Waals surface area contributed by atoms with E-state index in [1.807, 2.05) is 0 Å².